The van der Waals surface area contributed by atoms with Crippen molar-refractivity contribution in [1.29, 1.82) is 0 Å². The first-order chi connectivity index (χ1) is 14.1. The van der Waals surface area contributed by atoms with E-state index >= 15 is 0 Å². The molecule has 3 aromatic rings. The molecule has 0 radical (unpaired) electrons. The Hall–Kier alpha value is -3.22. The molecule has 2 aliphatic heterocycles. The summed E-state index contributed by atoms with van der Waals surface area (Å²) >= 11 is 0. The maximum atomic E-state index is 13.3. The second-order valence-corrected chi connectivity index (χ2v) is 7.89. The monoisotopic (exact) mass is 389 g/mol. The molecule has 148 valence electrons. The van der Waals surface area contributed by atoms with E-state index in [1.807, 2.05) is 30.9 Å². The number of benzene rings is 1. The van der Waals surface area contributed by atoms with Crippen molar-refractivity contribution >= 4 is 11.5 Å². The van der Waals surface area contributed by atoms with Crippen molar-refractivity contribution in [2.75, 3.05) is 0 Å². The number of hydrogen-bond donors (Lipinski definition) is 0. The summed E-state index contributed by atoms with van der Waals surface area (Å²) in [6.07, 6.45) is 5.16. The maximum Gasteiger partial charge on any atom is 0.277 e. The zero-order valence-electron chi connectivity index (χ0n) is 16.6. The van der Waals surface area contributed by atoms with E-state index in [-0.39, 0.29) is 18.0 Å². The normalized spacial score (nSPS) is 20.8. The van der Waals surface area contributed by atoms with Gasteiger partial charge in [0, 0.05) is 12.1 Å². The first-order valence-electron chi connectivity index (χ1n) is 10.0. The minimum atomic E-state index is -0.0293. The molecule has 4 heterocycles. The molecule has 0 N–H and O–H groups in total. The average molecular weight is 389 g/mol. The molecule has 0 aliphatic carbocycles. The van der Waals surface area contributed by atoms with Crippen LogP contribution in [0.3, 0.4) is 0 Å². The van der Waals surface area contributed by atoms with Crippen LogP contribution in [0.4, 0.5) is 0 Å². The molecule has 1 saturated heterocycles. The number of amides is 1. The van der Waals surface area contributed by atoms with Gasteiger partial charge in [0.05, 0.1) is 17.4 Å². The first-order valence-corrected chi connectivity index (χ1v) is 10.0. The number of aryl methyl sites for hydroxylation is 1. The van der Waals surface area contributed by atoms with Gasteiger partial charge in [-0.3, -0.25) is 4.79 Å². The van der Waals surface area contributed by atoms with E-state index < -0.39 is 0 Å². The lowest BCUT2D eigenvalue weighted by molar-refractivity contribution is 0.0685. The summed E-state index contributed by atoms with van der Waals surface area (Å²) in [5, 5.41) is 12.3. The van der Waals surface area contributed by atoms with Crippen LogP contribution < -0.4 is 0 Å². The number of hydrogen-bond acceptors (Lipinski definition) is 5. The third kappa shape index (κ3) is 3.16. The molecule has 5 rings (SSSR count). The predicted octanol–water partition coefficient (Wildman–Crippen LogP) is 3.39. The largest absolute Gasteiger partial charge is 0.359 e. The Bertz CT molecular complexity index is 1080. The lowest BCUT2D eigenvalue weighted by atomic mass is 9.94. The van der Waals surface area contributed by atoms with Gasteiger partial charge in [0.15, 0.2) is 11.5 Å². The van der Waals surface area contributed by atoms with Gasteiger partial charge in [0.2, 0.25) is 0 Å². The molecule has 2 atom stereocenters. The quantitative estimate of drug-likeness (QED) is 0.684. The van der Waals surface area contributed by atoms with Crippen LogP contribution in [0, 0.1) is 13.8 Å². The summed E-state index contributed by atoms with van der Waals surface area (Å²) in [6.45, 7) is 4.17. The number of rotatable bonds is 4. The number of aromatic nitrogens is 4. The molecule has 2 unspecified atom stereocenters. The highest BCUT2D eigenvalue weighted by Gasteiger charge is 2.41. The van der Waals surface area contributed by atoms with Crippen LogP contribution in [-0.2, 0) is 6.54 Å². The third-order valence-electron chi connectivity index (χ3n) is 5.94. The average Bonchev–Trinajstić information content (AvgIpc) is 3.38. The van der Waals surface area contributed by atoms with E-state index in [0.717, 1.165) is 30.7 Å². The fourth-order valence-electron chi connectivity index (χ4n) is 4.48. The summed E-state index contributed by atoms with van der Waals surface area (Å²) < 4.78 is 6.96. The van der Waals surface area contributed by atoms with Gasteiger partial charge in [-0.2, -0.15) is 0 Å². The fourth-order valence-corrected chi connectivity index (χ4v) is 4.48. The molecular formula is C22H23N5O2. The van der Waals surface area contributed by atoms with Crippen molar-refractivity contribution in [2.24, 2.45) is 0 Å². The number of fused-ring (bicyclic) bond motifs is 2. The fraction of sp³-hybridized carbons (Fsp3) is 0.364. The van der Waals surface area contributed by atoms with Gasteiger partial charge in [0.25, 0.3) is 5.91 Å². The van der Waals surface area contributed by atoms with E-state index in [4.69, 9.17) is 4.52 Å². The Balaban J connectivity index is 1.38. The predicted molar refractivity (Wildman–Crippen MR) is 107 cm³/mol. The van der Waals surface area contributed by atoms with Crippen molar-refractivity contribution in [3.63, 3.8) is 0 Å². The molecule has 7 nitrogen and oxygen atoms in total. The van der Waals surface area contributed by atoms with Gasteiger partial charge in [-0.15, -0.1) is 5.10 Å². The second-order valence-electron chi connectivity index (χ2n) is 7.89. The van der Waals surface area contributed by atoms with E-state index in [1.165, 1.54) is 11.1 Å². The third-order valence-corrected chi connectivity index (χ3v) is 5.94. The van der Waals surface area contributed by atoms with E-state index in [2.05, 4.69) is 45.8 Å². The molecule has 2 aromatic heterocycles. The minimum Gasteiger partial charge on any atom is -0.359 e. The molecular weight excluding hydrogens is 366 g/mol. The molecule has 2 aliphatic rings. The van der Waals surface area contributed by atoms with Crippen molar-refractivity contribution in [3.05, 3.63) is 70.9 Å². The molecule has 0 spiro atoms. The van der Waals surface area contributed by atoms with Crippen molar-refractivity contribution in [2.45, 2.75) is 51.7 Å². The summed E-state index contributed by atoms with van der Waals surface area (Å²) in [5.41, 5.74) is 4.58. The Kier molecular flexibility index (Phi) is 4.30. The highest BCUT2D eigenvalue weighted by atomic mass is 16.5. The second kappa shape index (κ2) is 6.99. The highest BCUT2D eigenvalue weighted by Crippen LogP contribution is 2.39. The van der Waals surface area contributed by atoms with E-state index in [1.54, 1.807) is 4.68 Å². The van der Waals surface area contributed by atoms with Crippen LogP contribution in [0.2, 0.25) is 0 Å². The zero-order chi connectivity index (χ0) is 20.0. The van der Waals surface area contributed by atoms with Crippen LogP contribution >= 0.6 is 0 Å². The topological polar surface area (TPSA) is 77.0 Å². The van der Waals surface area contributed by atoms with E-state index in [9.17, 15) is 4.79 Å². The van der Waals surface area contributed by atoms with Crippen LogP contribution in [0.5, 0.6) is 0 Å². The Morgan fingerprint density at radius 2 is 2.03 bits per heavy atom. The molecule has 1 amide bonds. The minimum absolute atomic E-state index is 0.0293. The van der Waals surface area contributed by atoms with Crippen molar-refractivity contribution in [3.8, 4) is 0 Å². The Labute approximate surface area is 169 Å². The molecule has 2 bridgehead atoms. The van der Waals surface area contributed by atoms with Gasteiger partial charge in [-0.1, -0.05) is 46.8 Å². The van der Waals surface area contributed by atoms with Crippen LogP contribution in [0.25, 0.3) is 5.57 Å². The Morgan fingerprint density at radius 3 is 2.76 bits per heavy atom. The molecule has 0 saturated carbocycles. The van der Waals surface area contributed by atoms with Crippen molar-refractivity contribution < 1.29 is 9.32 Å². The number of carbonyl (C=O) groups is 1. The lowest BCUT2D eigenvalue weighted by Gasteiger charge is -2.33. The van der Waals surface area contributed by atoms with Crippen LogP contribution in [0.1, 0.15) is 52.5 Å². The van der Waals surface area contributed by atoms with Gasteiger partial charge < -0.3 is 9.42 Å². The van der Waals surface area contributed by atoms with Crippen LogP contribution in [-0.4, -0.2) is 43.0 Å². The van der Waals surface area contributed by atoms with Gasteiger partial charge in [0.1, 0.15) is 6.54 Å². The maximum absolute atomic E-state index is 13.3. The summed E-state index contributed by atoms with van der Waals surface area (Å²) in [7, 11) is 0. The van der Waals surface area contributed by atoms with Crippen molar-refractivity contribution in [1.82, 2.24) is 25.1 Å². The van der Waals surface area contributed by atoms with Gasteiger partial charge >= 0.3 is 0 Å². The van der Waals surface area contributed by atoms with E-state index in [0.29, 0.717) is 18.0 Å². The molecule has 29 heavy (non-hydrogen) atoms. The van der Waals surface area contributed by atoms with Gasteiger partial charge in [-0.25, -0.2) is 4.68 Å². The highest BCUT2D eigenvalue weighted by molar-refractivity contribution is 5.94. The summed E-state index contributed by atoms with van der Waals surface area (Å²) in [4.78, 5) is 15.3. The van der Waals surface area contributed by atoms with Gasteiger partial charge in [-0.05, 0) is 44.2 Å². The number of nitrogens with zero attached hydrogens (tertiary/aromatic N) is 5. The lowest BCUT2D eigenvalue weighted by Crippen LogP contribution is -2.43. The molecule has 1 fully saturated rings. The molecule has 1 aromatic carbocycles. The van der Waals surface area contributed by atoms with Crippen LogP contribution in [0.15, 0.2) is 47.0 Å². The zero-order valence-corrected chi connectivity index (χ0v) is 16.6. The SMILES string of the molecule is Cc1cc(Cn2nnc(C(=O)N3C4C=C(c5ccccc5)CC3CC4)c2C)on1. The Morgan fingerprint density at radius 1 is 1.21 bits per heavy atom. The summed E-state index contributed by atoms with van der Waals surface area (Å²) in [6, 6.07) is 12.6. The smallest absolute Gasteiger partial charge is 0.277 e. The first kappa shape index (κ1) is 17.8. The standard InChI is InChI=1S/C22H23N5O2/c1-14-10-20(29-24-14)13-26-15(2)21(23-25-26)22(28)27-18-8-9-19(27)12-17(11-18)16-6-4-3-5-7-16/h3-7,10-11,18-19H,8-9,12-13H2,1-2H3. The summed E-state index contributed by atoms with van der Waals surface area (Å²) in [5.74, 6) is 0.668. The molecule has 7 heteroatoms. The number of carbonyl (C=O) groups excluding carboxylic acids is 1.